The average molecular weight is 674 g/mol. The third-order valence-corrected chi connectivity index (χ3v) is 9.43. The molecule has 246 valence electrons. The van der Waals surface area contributed by atoms with Crippen LogP contribution in [0.4, 0.5) is 32.0 Å². The van der Waals surface area contributed by atoms with E-state index in [0.717, 1.165) is 38.7 Å². The molecule has 8 rings (SSSR count). The fourth-order valence-corrected chi connectivity index (χ4v) is 7.38. The highest BCUT2D eigenvalue weighted by atomic mass is 19.4. The molecular formula is C41H25F6N3. The van der Waals surface area contributed by atoms with E-state index in [9.17, 15) is 13.2 Å². The zero-order chi connectivity index (χ0) is 35.1. The molecule has 8 aromatic rings. The molecule has 0 atom stereocenters. The number of aromatic nitrogens is 2. The molecular weight excluding hydrogens is 648 g/mol. The Labute approximate surface area is 282 Å². The number of benzene rings is 6. The van der Waals surface area contributed by atoms with Gasteiger partial charge in [-0.05, 0) is 79.1 Å². The zero-order valence-electron chi connectivity index (χ0n) is 26.6. The highest BCUT2D eigenvalue weighted by Gasteiger charge is 2.39. The topological polar surface area (TPSA) is 14.2 Å². The predicted octanol–water partition coefficient (Wildman–Crippen LogP) is 12.8. The second-order valence-corrected chi connectivity index (χ2v) is 12.4. The van der Waals surface area contributed by atoms with Gasteiger partial charge in [0.1, 0.15) is 0 Å². The van der Waals surface area contributed by atoms with E-state index < -0.39 is 29.0 Å². The van der Waals surface area contributed by atoms with E-state index in [-0.39, 0.29) is 28.7 Å². The molecule has 0 saturated carbocycles. The molecule has 2 heterocycles. The van der Waals surface area contributed by atoms with Gasteiger partial charge in [0, 0.05) is 38.5 Å². The van der Waals surface area contributed by atoms with Crippen molar-refractivity contribution in [3.63, 3.8) is 0 Å². The molecule has 2 aromatic heterocycles. The maximum Gasteiger partial charge on any atom is 0.417 e. The lowest BCUT2D eigenvalue weighted by Gasteiger charge is -2.24. The fourth-order valence-electron chi connectivity index (χ4n) is 7.38. The molecule has 0 fully saturated rings. The Morgan fingerprint density at radius 1 is 0.540 bits per heavy atom. The first-order chi connectivity index (χ1) is 23.9. The van der Waals surface area contributed by atoms with E-state index in [1.165, 1.54) is 12.1 Å². The first kappa shape index (κ1) is 31.3. The summed E-state index contributed by atoms with van der Waals surface area (Å²) in [4.78, 5) is 3.77. The first-order valence-electron chi connectivity index (χ1n) is 15.7. The normalized spacial score (nSPS) is 12.4. The summed E-state index contributed by atoms with van der Waals surface area (Å²) >= 11 is 0. The molecule has 9 heteroatoms. The number of aryl methyl sites for hydroxylation is 2. The van der Waals surface area contributed by atoms with Gasteiger partial charge < -0.3 is 9.13 Å². The molecule has 0 amide bonds. The van der Waals surface area contributed by atoms with E-state index in [1.807, 2.05) is 108 Å². The van der Waals surface area contributed by atoms with Gasteiger partial charge in [-0.1, -0.05) is 66.7 Å². The Hall–Kier alpha value is -6.01. The number of fused-ring (bicyclic) bond motifs is 6. The van der Waals surface area contributed by atoms with Gasteiger partial charge in [0.2, 0.25) is 0 Å². The molecule has 0 saturated heterocycles. The Bertz CT molecular complexity index is 2580. The molecule has 0 aliphatic carbocycles. The van der Waals surface area contributed by atoms with E-state index in [2.05, 4.69) is 4.85 Å². The van der Waals surface area contributed by atoms with Crippen molar-refractivity contribution < 1.29 is 26.3 Å². The van der Waals surface area contributed by atoms with Crippen molar-refractivity contribution in [1.29, 1.82) is 0 Å². The van der Waals surface area contributed by atoms with Gasteiger partial charge >= 0.3 is 12.4 Å². The molecule has 0 unspecified atom stereocenters. The van der Waals surface area contributed by atoms with Gasteiger partial charge in [-0.25, -0.2) is 4.85 Å². The van der Waals surface area contributed by atoms with Crippen LogP contribution in [0.1, 0.15) is 22.3 Å². The summed E-state index contributed by atoms with van der Waals surface area (Å²) in [5.74, 6) is 0. The summed E-state index contributed by atoms with van der Waals surface area (Å²) in [6.45, 7) is 12.0. The summed E-state index contributed by atoms with van der Waals surface area (Å²) in [6.07, 6.45) is -10.2. The van der Waals surface area contributed by atoms with Crippen LogP contribution in [-0.2, 0) is 12.4 Å². The molecule has 3 nitrogen and oxygen atoms in total. The van der Waals surface area contributed by atoms with Crippen molar-refractivity contribution in [2.45, 2.75) is 26.2 Å². The van der Waals surface area contributed by atoms with Crippen molar-refractivity contribution >= 4 is 49.3 Å². The van der Waals surface area contributed by atoms with Crippen LogP contribution in [0.5, 0.6) is 0 Å². The quantitative estimate of drug-likeness (QED) is 0.131. The highest BCUT2D eigenvalue weighted by molar-refractivity contribution is 6.13. The van der Waals surface area contributed by atoms with Crippen LogP contribution in [0, 0.1) is 20.4 Å². The first-order valence-corrected chi connectivity index (χ1v) is 15.7. The Kier molecular flexibility index (Phi) is 6.88. The van der Waals surface area contributed by atoms with Crippen molar-refractivity contribution in [2.24, 2.45) is 0 Å². The summed E-state index contributed by atoms with van der Waals surface area (Å²) in [6, 6.07) is 31.1. The van der Waals surface area contributed by atoms with Crippen LogP contribution < -0.4 is 0 Å². The van der Waals surface area contributed by atoms with Gasteiger partial charge in [-0.2, -0.15) is 26.3 Å². The van der Waals surface area contributed by atoms with Crippen LogP contribution in [0.25, 0.3) is 71.0 Å². The maximum atomic E-state index is 15.1. The Morgan fingerprint density at radius 3 is 1.48 bits per heavy atom. The van der Waals surface area contributed by atoms with Crippen molar-refractivity contribution in [2.75, 3.05) is 0 Å². The van der Waals surface area contributed by atoms with Crippen LogP contribution >= 0.6 is 0 Å². The number of rotatable bonds is 3. The third-order valence-electron chi connectivity index (χ3n) is 9.43. The number of halogens is 6. The predicted molar refractivity (Wildman–Crippen MR) is 186 cm³/mol. The lowest BCUT2D eigenvalue weighted by atomic mass is 9.93. The maximum absolute atomic E-state index is 15.1. The van der Waals surface area contributed by atoms with Crippen LogP contribution in [0.2, 0.25) is 0 Å². The van der Waals surface area contributed by atoms with Crippen molar-refractivity contribution in [3.05, 3.63) is 149 Å². The SMILES string of the molecule is [C-]#[N+]c1cc(-n2c3ccccc3c3c(C)cccc32)c(-c2ccc(C(F)(F)F)cc2C(F)(F)F)c(-n2c3ccccc3c3c(C)cccc32)c1. The van der Waals surface area contributed by atoms with Crippen LogP contribution in [0.3, 0.4) is 0 Å². The minimum atomic E-state index is -5.15. The lowest BCUT2D eigenvalue weighted by Crippen LogP contribution is -2.13. The minimum absolute atomic E-state index is 0.0340. The van der Waals surface area contributed by atoms with Crippen molar-refractivity contribution in [1.82, 2.24) is 9.13 Å². The van der Waals surface area contributed by atoms with Crippen LogP contribution in [-0.4, -0.2) is 9.13 Å². The third kappa shape index (κ3) is 4.66. The molecule has 0 N–H and O–H groups in total. The smallest absolute Gasteiger partial charge is 0.310 e. The minimum Gasteiger partial charge on any atom is -0.310 e. The molecule has 0 aliphatic heterocycles. The number of para-hydroxylation sites is 2. The number of nitrogens with zero attached hydrogens (tertiary/aromatic N) is 3. The standard InChI is InChI=1S/C41H25F6N3/c1-23-10-8-16-33-37(23)28-12-4-6-14-31(28)49(33)35-21-26(48-3)22-36(39(35)27-19-18-25(40(42,43)44)20-30(27)41(45,46)47)50-32-15-7-5-13-29(32)38-24(2)11-9-17-34(38)50/h4-22H,1-2H3. The van der Waals surface area contributed by atoms with Gasteiger partial charge in [0.05, 0.1) is 39.8 Å². The molecule has 0 bridgehead atoms. The summed E-state index contributed by atoms with van der Waals surface area (Å²) in [5.41, 5.74) is 1.93. The molecule has 0 aliphatic rings. The van der Waals surface area contributed by atoms with E-state index in [1.54, 1.807) is 0 Å². The van der Waals surface area contributed by atoms with E-state index in [0.29, 0.717) is 28.1 Å². The zero-order valence-corrected chi connectivity index (χ0v) is 26.6. The second kappa shape index (κ2) is 11.0. The number of hydrogen-bond donors (Lipinski definition) is 0. The van der Waals surface area contributed by atoms with Crippen LogP contribution in [0.15, 0.2) is 115 Å². The van der Waals surface area contributed by atoms with Gasteiger partial charge in [0.15, 0.2) is 5.69 Å². The lowest BCUT2D eigenvalue weighted by molar-refractivity contribution is -0.142. The summed E-state index contributed by atoms with van der Waals surface area (Å²) in [5, 5.41) is 3.44. The molecule has 0 spiro atoms. The van der Waals surface area contributed by atoms with E-state index >= 15 is 13.2 Å². The van der Waals surface area contributed by atoms with E-state index in [4.69, 9.17) is 6.57 Å². The molecule has 50 heavy (non-hydrogen) atoms. The number of alkyl halides is 6. The Balaban J connectivity index is 1.64. The second-order valence-electron chi connectivity index (χ2n) is 12.4. The molecule has 0 radical (unpaired) electrons. The Morgan fingerprint density at radius 2 is 1.02 bits per heavy atom. The largest absolute Gasteiger partial charge is 0.417 e. The summed E-state index contributed by atoms with van der Waals surface area (Å²) in [7, 11) is 0. The summed E-state index contributed by atoms with van der Waals surface area (Å²) < 4.78 is 90.8. The highest BCUT2D eigenvalue weighted by Crippen LogP contribution is 2.49. The van der Waals surface area contributed by atoms with Gasteiger partial charge in [-0.15, -0.1) is 0 Å². The molecule has 6 aromatic carbocycles. The average Bonchev–Trinajstić information content (AvgIpc) is 3.61. The van der Waals surface area contributed by atoms with Gasteiger partial charge in [-0.3, -0.25) is 0 Å². The monoisotopic (exact) mass is 673 g/mol. The van der Waals surface area contributed by atoms with Crippen molar-refractivity contribution in [3.8, 4) is 22.5 Å². The fraction of sp³-hybridized carbons (Fsp3) is 0.0976. The van der Waals surface area contributed by atoms with Gasteiger partial charge in [0.25, 0.3) is 0 Å². The number of hydrogen-bond acceptors (Lipinski definition) is 0.